The predicted octanol–water partition coefficient (Wildman–Crippen LogP) is 1.60. The zero-order valence-electron chi connectivity index (χ0n) is 14.5. The van der Waals surface area contributed by atoms with Gasteiger partial charge in [-0.05, 0) is 37.5 Å². The average molecular weight is 342 g/mol. The van der Waals surface area contributed by atoms with Crippen LogP contribution >= 0.6 is 0 Å². The number of carbonyl (C=O) groups is 2. The highest BCUT2D eigenvalue weighted by atomic mass is 16.3. The van der Waals surface area contributed by atoms with E-state index in [1.807, 2.05) is 31.3 Å². The number of nitrogens with one attached hydrogen (secondary N) is 1. The molecule has 0 bridgehead atoms. The standard InChI is InChI=1S/C18H22N4O3/c1-12-3-4-15(25-12)17(24)22-7-5-18(6-8-22)14(9-16(23)20-18)13-10-19-21(2)11-13/h3-4,10-11,14H,5-9H2,1-2H3,(H,20,23). The summed E-state index contributed by atoms with van der Waals surface area (Å²) in [4.78, 5) is 26.5. The molecule has 2 saturated heterocycles. The van der Waals surface area contributed by atoms with E-state index in [4.69, 9.17) is 4.42 Å². The van der Waals surface area contributed by atoms with Crippen molar-refractivity contribution in [3.63, 3.8) is 0 Å². The van der Waals surface area contributed by atoms with E-state index in [-0.39, 0.29) is 23.3 Å². The summed E-state index contributed by atoms with van der Waals surface area (Å²) in [6.45, 7) is 3.04. The molecular formula is C18H22N4O3. The number of piperidine rings is 1. The Labute approximate surface area is 146 Å². The maximum atomic E-state index is 12.6. The smallest absolute Gasteiger partial charge is 0.289 e. The molecule has 2 aliphatic rings. The van der Waals surface area contributed by atoms with Gasteiger partial charge in [0.15, 0.2) is 5.76 Å². The molecule has 0 aromatic carbocycles. The fraction of sp³-hybridized carbons (Fsp3) is 0.500. The van der Waals surface area contributed by atoms with Crippen molar-refractivity contribution in [1.29, 1.82) is 0 Å². The molecule has 132 valence electrons. The molecule has 1 atom stereocenters. The van der Waals surface area contributed by atoms with Gasteiger partial charge in [0.2, 0.25) is 5.91 Å². The minimum absolute atomic E-state index is 0.0785. The van der Waals surface area contributed by atoms with Crippen molar-refractivity contribution in [3.05, 3.63) is 41.6 Å². The molecule has 2 aromatic heterocycles. The lowest BCUT2D eigenvalue weighted by atomic mass is 9.75. The van der Waals surface area contributed by atoms with Crippen LogP contribution in [0.5, 0.6) is 0 Å². The van der Waals surface area contributed by atoms with Crippen molar-refractivity contribution in [1.82, 2.24) is 20.0 Å². The third kappa shape index (κ3) is 2.73. The van der Waals surface area contributed by atoms with Crippen LogP contribution in [0.3, 0.4) is 0 Å². The summed E-state index contributed by atoms with van der Waals surface area (Å²) in [5.41, 5.74) is 0.804. The van der Waals surface area contributed by atoms with Crippen LogP contribution in [-0.4, -0.2) is 45.1 Å². The van der Waals surface area contributed by atoms with Crippen molar-refractivity contribution in [2.75, 3.05) is 13.1 Å². The first kappa shape index (κ1) is 15.9. The fourth-order valence-corrected chi connectivity index (χ4v) is 4.14. The third-order valence-corrected chi connectivity index (χ3v) is 5.47. The van der Waals surface area contributed by atoms with Crippen molar-refractivity contribution < 1.29 is 14.0 Å². The number of amides is 2. The number of carbonyl (C=O) groups excluding carboxylic acids is 2. The van der Waals surface area contributed by atoms with E-state index in [9.17, 15) is 9.59 Å². The van der Waals surface area contributed by atoms with Crippen molar-refractivity contribution >= 4 is 11.8 Å². The van der Waals surface area contributed by atoms with Gasteiger partial charge in [-0.3, -0.25) is 14.3 Å². The third-order valence-electron chi connectivity index (χ3n) is 5.47. The van der Waals surface area contributed by atoms with E-state index < -0.39 is 0 Å². The lowest BCUT2D eigenvalue weighted by Crippen LogP contribution is -2.54. The zero-order valence-corrected chi connectivity index (χ0v) is 14.5. The number of aryl methyl sites for hydroxylation is 2. The lowest BCUT2D eigenvalue weighted by molar-refractivity contribution is -0.120. The van der Waals surface area contributed by atoms with Crippen LogP contribution in [0.25, 0.3) is 0 Å². The summed E-state index contributed by atoms with van der Waals surface area (Å²) in [6, 6.07) is 3.52. The summed E-state index contributed by atoms with van der Waals surface area (Å²) >= 11 is 0. The quantitative estimate of drug-likeness (QED) is 0.899. The van der Waals surface area contributed by atoms with Gasteiger partial charge in [0.05, 0.1) is 11.7 Å². The number of hydrogen-bond donors (Lipinski definition) is 1. The second kappa shape index (κ2) is 5.75. The Morgan fingerprint density at radius 2 is 2.12 bits per heavy atom. The Balaban J connectivity index is 1.51. The van der Waals surface area contributed by atoms with Crippen LogP contribution in [0, 0.1) is 6.92 Å². The van der Waals surface area contributed by atoms with Gasteiger partial charge in [-0.1, -0.05) is 0 Å². The van der Waals surface area contributed by atoms with E-state index in [2.05, 4.69) is 10.4 Å². The summed E-state index contributed by atoms with van der Waals surface area (Å²) < 4.78 is 7.22. The van der Waals surface area contributed by atoms with Gasteiger partial charge < -0.3 is 14.6 Å². The van der Waals surface area contributed by atoms with Crippen molar-refractivity contribution in [2.45, 2.75) is 37.6 Å². The van der Waals surface area contributed by atoms with Crippen LogP contribution in [0.4, 0.5) is 0 Å². The molecule has 4 rings (SSSR count). The molecule has 2 fully saturated rings. The SMILES string of the molecule is Cc1ccc(C(=O)N2CCC3(CC2)NC(=O)CC3c2cnn(C)c2)o1. The van der Waals surface area contributed by atoms with Gasteiger partial charge in [0.25, 0.3) is 5.91 Å². The highest BCUT2D eigenvalue weighted by Gasteiger charge is 2.49. The molecule has 2 amide bonds. The zero-order chi connectivity index (χ0) is 17.6. The van der Waals surface area contributed by atoms with Crippen LogP contribution in [0.15, 0.2) is 28.9 Å². The molecule has 4 heterocycles. The van der Waals surface area contributed by atoms with Gasteiger partial charge in [-0.25, -0.2) is 0 Å². The minimum atomic E-state index is -0.282. The number of furan rings is 1. The minimum Gasteiger partial charge on any atom is -0.456 e. The fourth-order valence-electron chi connectivity index (χ4n) is 4.14. The largest absolute Gasteiger partial charge is 0.456 e. The van der Waals surface area contributed by atoms with E-state index in [0.717, 1.165) is 24.2 Å². The molecule has 7 heteroatoms. The van der Waals surface area contributed by atoms with Crippen LogP contribution in [-0.2, 0) is 11.8 Å². The van der Waals surface area contributed by atoms with E-state index in [1.54, 1.807) is 16.8 Å². The monoisotopic (exact) mass is 342 g/mol. The molecular weight excluding hydrogens is 320 g/mol. The second-order valence-electron chi connectivity index (χ2n) is 7.11. The number of nitrogens with zero attached hydrogens (tertiary/aromatic N) is 3. The van der Waals surface area contributed by atoms with Crippen molar-refractivity contribution in [3.8, 4) is 0 Å². The highest BCUT2D eigenvalue weighted by molar-refractivity contribution is 5.91. The first-order valence-electron chi connectivity index (χ1n) is 8.62. The lowest BCUT2D eigenvalue weighted by Gasteiger charge is -2.42. The second-order valence-corrected chi connectivity index (χ2v) is 7.11. The normalized spacial score (nSPS) is 22.4. The number of aromatic nitrogens is 2. The molecule has 0 saturated carbocycles. The van der Waals surface area contributed by atoms with E-state index in [0.29, 0.717) is 25.3 Å². The van der Waals surface area contributed by atoms with Crippen LogP contribution in [0.1, 0.15) is 47.1 Å². The molecule has 1 unspecified atom stereocenters. The maximum Gasteiger partial charge on any atom is 0.289 e. The summed E-state index contributed by atoms with van der Waals surface area (Å²) in [6.07, 6.45) is 5.79. The Bertz CT molecular complexity index is 814. The maximum absolute atomic E-state index is 12.6. The summed E-state index contributed by atoms with van der Waals surface area (Å²) in [5, 5.41) is 7.44. The van der Waals surface area contributed by atoms with Gasteiger partial charge in [0.1, 0.15) is 5.76 Å². The number of rotatable bonds is 2. The highest BCUT2D eigenvalue weighted by Crippen LogP contribution is 2.43. The molecule has 1 N–H and O–H groups in total. The molecule has 2 aliphatic heterocycles. The topological polar surface area (TPSA) is 80.4 Å². The van der Waals surface area contributed by atoms with E-state index in [1.165, 1.54) is 0 Å². The van der Waals surface area contributed by atoms with Gasteiger partial charge in [-0.15, -0.1) is 0 Å². The molecule has 0 aliphatic carbocycles. The molecule has 2 aromatic rings. The van der Waals surface area contributed by atoms with Crippen molar-refractivity contribution in [2.24, 2.45) is 7.05 Å². The molecule has 0 radical (unpaired) electrons. The summed E-state index contributed by atoms with van der Waals surface area (Å²) in [7, 11) is 1.88. The first-order chi connectivity index (χ1) is 12.0. The Morgan fingerprint density at radius 3 is 2.72 bits per heavy atom. The average Bonchev–Trinajstić information content (AvgIpc) is 3.27. The van der Waals surface area contributed by atoms with E-state index >= 15 is 0 Å². The number of hydrogen-bond acceptors (Lipinski definition) is 4. The summed E-state index contributed by atoms with van der Waals surface area (Å²) in [5.74, 6) is 1.22. The van der Waals surface area contributed by atoms with Gasteiger partial charge in [-0.2, -0.15) is 5.10 Å². The number of likely N-dealkylation sites (tertiary alicyclic amines) is 1. The molecule has 1 spiro atoms. The Kier molecular flexibility index (Phi) is 3.67. The van der Waals surface area contributed by atoms with Gasteiger partial charge in [0, 0.05) is 38.7 Å². The molecule has 7 nitrogen and oxygen atoms in total. The Morgan fingerprint density at radius 1 is 1.36 bits per heavy atom. The van der Waals surface area contributed by atoms with Gasteiger partial charge >= 0.3 is 0 Å². The van der Waals surface area contributed by atoms with Crippen LogP contribution < -0.4 is 5.32 Å². The molecule has 25 heavy (non-hydrogen) atoms. The Hall–Kier alpha value is -2.57. The predicted molar refractivity (Wildman–Crippen MR) is 90.0 cm³/mol. The van der Waals surface area contributed by atoms with Crippen LogP contribution in [0.2, 0.25) is 0 Å². The first-order valence-corrected chi connectivity index (χ1v) is 8.62.